The van der Waals surface area contributed by atoms with Crippen LogP contribution in [0.5, 0.6) is 5.75 Å². The summed E-state index contributed by atoms with van der Waals surface area (Å²) in [5.74, 6) is 0.435. The predicted octanol–water partition coefficient (Wildman–Crippen LogP) is 3.85. The number of hydrogen-bond acceptors (Lipinski definition) is 5. The first kappa shape index (κ1) is 19.1. The molecule has 6 nitrogen and oxygen atoms in total. The molecule has 0 saturated heterocycles. The lowest BCUT2D eigenvalue weighted by molar-refractivity contribution is 0.0954. The Hall–Kier alpha value is -3.19. The van der Waals surface area contributed by atoms with Crippen LogP contribution >= 0.6 is 11.3 Å². The number of ether oxygens (including phenoxy) is 1. The molecule has 4 rings (SSSR count). The summed E-state index contributed by atoms with van der Waals surface area (Å²) in [6.07, 6.45) is 0. The molecule has 0 unspecified atom stereocenters. The molecule has 0 bridgehead atoms. The molecule has 2 aromatic heterocycles. The summed E-state index contributed by atoms with van der Waals surface area (Å²) in [6.45, 7) is 6.80. The molecule has 1 N–H and O–H groups in total. The van der Waals surface area contributed by atoms with E-state index in [1.807, 2.05) is 57.2 Å². The number of carbonyl (C=O) groups excluding carboxylic acids is 1. The highest BCUT2D eigenvalue weighted by molar-refractivity contribution is 7.18. The second kappa shape index (κ2) is 7.67. The number of fused-ring (bicyclic) bond motifs is 3. The molecule has 2 heterocycles. The number of carbonyl (C=O) groups is 1. The van der Waals surface area contributed by atoms with Crippen molar-refractivity contribution in [3.05, 3.63) is 74.4 Å². The number of aryl methyl sites for hydroxylation is 2. The highest BCUT2D eigenvalue weighted by Gasteiger charge is 2.15. The number of amides is 1. The van der Waals surface area contributed by atoms with Gasteiger partial charge in [0.1, 0.15) is 10.6 Å². The Morgan fingerprint density at radius 3 is 2.72 bits per heavy atom. The largest absolute Gasteiger partial charge is 0.494 e. The maximum atomic E-state index is 12.7. The third-order valence-corrected chi connectivity index (χ3v) is 5.83. The van der Waals surface area contributed by atoms with Crippen LogP contribution in [-0.2, 0) is 6.54 Å². The van der Waals surface area contributed by atoms with Gasteiger partial charge in [0.15, 0.2) is 4.96 Å². The van der Waals surface area contributed by atoms with Crippen molar-refractivity contribution in [3.63, 3.8) is 0 Å². The Morgan fingerprint density at radius 2 is 1.93 bits per heavy atom. The molecular weight excluding hydrogens is 386 g/mol. The minimum atomic E-state index is -0.305. The van der Waals surface area contributed by atoms with Crippen LogP contribution < -0.4 is 15.6 Å². The van der Waals surface area contributed by atoms with Gasteiger partial charge in [0.05, 0.1) is 17.6 Å². The highest BCUT2D eigenvalue weighted by atomic mass is 32.1. The molecule has 0 aliphatic heterocycles. The maximum absolute atomic E-state index is 12.7. The molecule has 0 radical (unpaired) electrons. The summed E-state index contributed by atoms with van der Waals surface area (Å²) in [4.78, 5) is 30.8. The summed E-state index contributed by atoms with van der Waals surface area (Å²) in [7, 11) is 0. The third-order valence-electron chi connectivity index (χ3n) is 4.85. The maximum Gasteiger partial charge on any atom is 0.261 e. The zero-order valence-corrected chi connectivity index (χ0v) is 17.3. The number of aromatic nitrogens is 2. The Balaban J connectivity index is 1.65. The predicted molar refractivity (Wildman–Crippen MR) is 115 cm³/mol. The van der Waals surface area contributed by atoms with Crippen molar-refractivity contribution in [2.75, 3.05) is 6.61 Å². The number of nitrogens with one attached hydrogen (secondary N) is 1. The number of imidazole rings is 1. The van der Waals surface area contributed by atoms with Gasteiger partial charge in [-0.15, -0.1) is 0 Å². The highest BCUT2D eigenvalue weighted by Crippen LogP contribution is 2.23. The van der Waals surface area contributed by atoms with Crippen LogP contribution in [0, 0.1) is 13.8 Å². The molecule has 148 valence electrons. The zero-order valence-electron chi connectivity index (χ0n) is 16.5. The van der Waals surface area contributed by atoms with Gasteiger partial charge in [-0.2, -0.15) is 0 Å². The molecule has 0 fully saturated rings. The lowest BCUT2D eigenvalue weighted by atomic mass is 10.1. The van der Waals surface area contributed by atoms with Crippen LogP contribution in [0.15, 0.2) is 47.3 Å². The minimum Gasteiger partial charge on any atom is -0.494 e. The van der Waals surface area contributed by atoms with Crippen molar-refractivity contribution < 1.29 is 9.53 Å². The van der Waals surface area contributed by atoms with Crippen LogP contribution in [0.3, 0.4) is 0 Å². The molecule has 0 spiro atoms. The Bertz CT molecular complexity index is 1290. The van der Waals surface area contributed by atoms with E-state index in [0.29, 0.717) is 23.0 Å². The summed E-state index contributed by atoms with van der Waals surface area (Å²) < 4.78 is 7.16. The van der Waals surface area contributed by atoms with Gasteiger partial charge in [-0.25, -0.2) is 4.98 Å². The molecule has 0 atom stereocenters. The first-order valence-corrected chi connectivity index (χ1v) is 10.2. The fraction of sp³-hybridized carbons (Fsp3) is 0.227. The SMILES string of the molecule is CCOc1ccccc1CNC(=O)c1cc(=O)n2c(nc3cc(C)c(C)cc32)s1. The van der Waals surface area contributed by atoms with E-state index in [2.05, 4.69) is 10.3 Å². The standard InChI is InChI=1S/C22H21N3O3S/c1-4-28-18-8-6-5-7-15(18)12-23-21(27)19-11-20(26)25-17-10-14(3)13(2)9-16(17)24-22(25)29-19/h5-11H,4,12H2,1-3H3,(H,23,27). The van der Waals surface area contributed by atoms with Gasteiger partial charge in [0.2, 0.25) is 0 Å². The Labute approximate surface area is 171 Å². The van der Waals surface area contributed by atoms with E-state index in [9.17, 15) is 9.59 Å². The summed E-state index contributed by atoms with van der Waals surface area (Å²) in [5.41, 5.74) is 4.35. The van der Waals surface area contributed by atoms with E-state index in [1.165, 1.54) is 17.4 Å². The van der Waals surface area contributed by atoms with E-state index in [-0.39, 0.29) is 11.5 Å². The van der Waals surface area contributed by atoms with Crippen LogP contribution in [-0.4, -0.2) is 21.9 Å². The molecule has 0 aliphatic carbocycles. The molecule has 4 aromatic rings. The van der Waals surface area contributed by atoms with Crippen molar-refractivity contribution in [2.24, 2.45) is 0 Å². The fourth-order valence-electron chi connectivity index (χ4n) is 3.22. The molecule has 0 saturated carbocycles. The first-order chi connectivity index (χ1) is 14.0. The molecule has 7 heteroatoms. The normalized spacial score (nSPS) is 11.1. The van der Waals surface area contributed by atoms with E-state index >= 15 is 0 Å². The number of rotatable bonds is 5. The van der Waals surface area contributed by atoms with Crippen molar-refractivity contribution in [2.45, 2.75) is 27.3 Å². The Kier molecular flexibility index (Phi) is 5.07. The quantitative estimate of drug-likeness (QED) is 0.545. The lowest BCUT2D eigenvalue weighted by Crippen LogP contribution is -2.24. The van der Waals surface area contributed by atoms with Crippen molar-refractivity contribution >= 4 is 33.2 Å². The lowest BCUT2D eigenvalue weighted by Gasteiger charge is -2.10. The molecule has 2 aromatic carbocycles. The molecule has 29 heavy (non-hydrogen) atoms. The van der Waals surface area contributed by atoms with E-state index in [1.54, 1.807) is 4.40 Å². The van der Waals surface area contributed by atoms with Gasteiger partial charge in [-0.05, 0) is 50.1 Å². The second-order valence-corrected chi connectivity index (χ2v) is 7.84. The smallest absolute Gasteiger partial charge is 0.261 e. The monoisotopic (exact) mass is 407 g/mol. The van der Waals surface area contributed by atoms with Gasteiger partial charge in [-0.3, -0.25) is 14.0 Å². The van der Waals surface area contributed by atoms with Crippen LogP contribution in [0.4, 0.5) is 0 Å². The summed E-state index contributed by atoms with van der Waals surface area (Å²) in [6, 6.07) is 12.9. The van der Waals surface area contributed by atoms with E-state index in [0.717, 1.165) is 33.5 Å². The number of benzene rings is 2. The van der Waals surface area contributed by atoms with Crippen LogP contribution in [0.25, 0.3) is 16.0 Å². The molecular formula is C22H21N3O3S. The zero-order chi connectivity index (χ0) is 20.5. The third kappa shape index (κ3) is 3.61. The average molecular weight is 407 g/mol. The number of hydrogen-bond donors (Lipinski definition) is 1. The minimum absolute atomic E-state index is 0.260. The number of nitrogens with zero attached hydrogens (tertiary/aromatic N) is 2. The first-order valence-electron chi connectivity index (χ1n) is 9.40. The van der Waals surface area contributed by atoms with Gasteiger partial charge >= 0.3 is 0 Å². The van der Waals surface area contributed by atoms with Crippen molar-refractivity contribution in [3.8, 4) is 5.75 Å². The van der Waals surface area contributed by atoms with Gasteiger partial charge in [-0.1, -0.05) is 29.5 Å². The van der Waals surface area contributed by atoms with Crippen molar-refractivity contribution in [1.29, 1.82) is 0 Å². The average Bonchev–Trinajstić information content (AvgIpc) is 3.05. The summed E-state index contributed by atoms with van der Waals surface area (Å²) >= 11 is 1.20. The Morgan fingerprint density at radius 1 is 1.17 bits per heavy atom. The fourth-order valence-corrected chi connectivity index (χ4v) is 4.16. The van der Waals surface area contributed by atoms with E-state index in [4.69, 9.17) is 4.74 Å². The molecule has 1 amide bonds. The second-order valence-electron chi connectivity index (χ2n) is 6.83. The number of para-hydroxylation sites is 1. The van der Waals surface area contributed by atoms with Gasteiger partial charge in [0.25, 0.3) is 11.5 Å². The van der Waals surface area contributed by atoms with E-state index < -0.39 is 0 Å². The van der Waals surface area contributed by atoms with Crippen LogP contribution in [0.2, 0.25) is 0 Å². The van der Waals surface area contributed by atoms with Crippen molar-refractivity contribution in [1.82, 2.24) is 14.7 Å². The molecule has 0 aliphatic rings. The summed E-state index contributed by atoms with van der Waals surface area (Å²) in [5, 5.41) is 2.87. The topological polar surface area (TPSA) is 72.7 Å². The van der Waals surface area contributed by atoms with Crippen LogP contribution in [0.1, 0.15) is 33.3 Å². The van der Waals surface area contributed by atoms with Gasteiger partial charge in [0, 0.05) is 18.2 Å². The van der Waals surface area contributed by atoms with Gasteiger partial charge < -0.3 is 10.1 Å².